The van der Waals surface area contributed by atoms with Gasteiger partial charge in [-0.15, -0.1) is 0 Å². The highest BCUT2D eigenvalue weighted by molar-refractivity contribution is 6.01. The third-order valence-corrected chi connectivity index (χ3v) is 25.6. The molecule has 0 spiro atoms. The summed E-state index contributed by atoms with van der Waals surface area (Å²) in [6, 6.07) is 111. The van der Waals surface area contributed by atoms with Crippen molar-refractivity contribution in [2.24, 2.45) is 28.2 Å². The lowest BCUT2D eigenvalue weighted by Crippen LogP contribution is -2.35. The Morgan fingerprint density at radius 3 is 1.03 bits per heavy atom. The lowest BCUT2D eigenvalue weighted by molar-refractivity contribution is -0.665. The number of benzene rings is 12. The van der Waals surface area contributed by atoms with Gasteiger partial charge in [0.1, 0.15) is 35.4 Å². The molecule has 20 rings (SSSR count). The van der Waals surface area contributed by atoms with Gasteiger partial charge in [-0.3, -0.25) is 19.9 Å². The highest BCUT2D eigenvalue weighted by Gasteiger charge is 2.28. The van der Waals surface area contributed by atoms with Gasteiger partial charge in [0, 0.05) is 134 Å². The molecule has 0 aliphatic heterocycles. The van der Waals surface area contributed by atoms with Crippen LogP contribution in [-0.4, -0.2) is 19.9 Å². The highest BCUT2D eigenvalue weighted by Crippen LogP contribution is 2.42. The summed E-state index contributed by atoms with van der Waals surface area (Å²) in [4.78, 5) is 17.1. The second-order valence-corrected chi connectivity index (χ2v) is 34.4. The van der Waals surface area contributed by atoms with Crippen LogP contribution in [0.1, 0.15) is 77.2 Å². The average Bonchev–Trinajstić information content (AvgIpc) is 0.765. The van der Waals surface area contributed by atoms with E-state index >= 15 is 0 Å². The number of fused-ring (bicyclic) bond motifs is 4. The van der Waals surface area contributed by atoms with Crippen molar-refractivity contribution in [2.75, 3.05) is 0 Å². The minimum atomic E-state index is -0.198. The van der Waals surface area contributed by atoms with E-state index in [1.807, 2.05) is 122 Å². The van der Waals surface area contributed by atoms with Crippen molar-refractivity contribution >= 4 is 43.1 Å². The van der Waals surface area contributed by atoms with E-state index in [0.717, 1.165) is 88.7 Å². The molecule has 0 bridgehead atoms. The zero-order chi connectivity index (χ0) is 90.5. The predicted octanol–water partition coefficient (Wildman–Crippen LogP) is 28.3. The molecule has 0 aliphatic rings. The van der Waals surface area contributed by atoms with E-state index in [1.54, 1.807) is 18.5 Å². The monoisotopic (exact) mass is 1680 g/mol. The van der Waals surface area contributed by atoms with Gasteiger partial charge < -0.3 is 0 Å². The summed E-state index contributed by atoms with van der Waals surface area (Å²) in [5, 5.41) is 9.53. The Kier molecular flexibility index (Phi) is 24.6. The Morgan fingerprint density at radius 2 is 0.620 bits per heavy atom. The zero-order valence-electron chi connectivity index (χ0n) is 77.2. The fraction of sp³-hybridized carbons (Fsp3) is 0.133. The van der Waals surface area contributed by atoms with E-state index in [0.29, 0.717) is 17.7 Å². The maximum Gasteiger partial charge on any atom is 0.220 e. The quantitative estimate of drug-likeness (QED) is 0.108. The number of hydrogen-bond donors (Lipinski definition) is 0. The third-order valence-electron chi connectivity index (χ3n) is 25.6. The largest absolute Gasteiger partial charge is 0.264 e. The van der Waals surface area contributed by atoms with E-state index in [4.69, 9.17) is 1.37 Å². The molecule has 0 amide bonds. The van der Waals surface area contributed by atoms with Gasteiger partial charge in [0.25, 0.3) is 0 Å². The van der Waals surface area contributed by atoms with Crippen molar-refractivity contribution < 1.29 is 24.0 Å². The minimum Gasteiger partial charge on any atom is -0.264 e. The number of pyridine rings is 8. The fourth-order valence-corrected chi connectivity index (χ4v) is 18.4. The van der Waals surface area contributed by atoms with Crippen molar-refractivity contribution in [1.82, 2.24) is 19.9 Å². The summed E-state index contributed by atoms with van der Waals surface area (Å²) in [6.07, 6.45) is 15.3. The molecule has 0 N–H and O–H groups in total. The van der Waals surface area contributed by atoms with Gasteiger partial charge in [0.15, 0.2) is 23.3 Å². The second kappa shape index (κ2) is 37.5. The van der Waals surface area contributed by atoms with E-state index in [-0.39, 0.29) is 5.82 Å². The minimum absolute atomic E-state index is 0.198. The Bertz CT molecular complexity index is 7620. The van der Waals surface area contributed by atoms with Crippen LogP contribution in [0.5, 0.6) is 0 Å². The van der Waals surface area contributed by atoms with Gasteiger partial charge in [-0.2, -0.15) is 13.7 Å². The van der Waals surface area contributed by atoms with Crippen LogP contribution in [0.4, 0.5) is 4.39 Å². The Balaban J connectivity index is 0.000000122. The predicted molar refractivity (Wildman–Crippen MR) is 534 cm³/mol. The summed E-state index contributed by atoms with van der Waals surface area (Å²) in [7, 11) is 8.39. The summed E-state index contributed by atoms with van der Waals surface area (Å²) in [5.41, 5.74) is 39.9. The molecule has 0 unspecified atom stereocenters. The molecule has 0 atom stereocenters. The second-order valence-electron chi connectivity index (χ2n) is 34.4. The fourth-order valence-electron chi connectivity index (χ4n) is 18.4. The number of nitrogens with zero attached hydrogens (tertiary/aromatic N) is 8. The standard InChI is InChI=1S/2C31H29N2.C29H24FN2.C29H25N2/c1-20-8-6-9-21(2)30(20)25-12-13-28(22(3)16-25)31-29-14-11-24(26-10-7-15-32-19-26)18-27(29)17-23(4)33(31)5;1-21(2)29-18-27(23-9-6-5-7-10-23)19-30(22(29)3)31-28-13-12-24(26-11-8-15-32-20-26)17-25(28)14-16-33(31)4;1-19-14-28(30)27(21-8-5-4-6-9-21)17-26(19)29-25-12-11-22(23-10-7-13-31-18-23)16-24(25)15-20(2)32(29)3;1-20-16-23(22-8-5-4-6-9-22)11-13-27(20)29-28-14-12-24(25-10-7-15-30-19-25)18-26(28)17-21(2)31(29)3/h6-19H,1-5H3;5-21H,1-4H3;4-18H,1-3H3;4-19H,1-3H3/q4*+1/i;16D;;. The lowest BCUT2D eigenvalue weighted by atomic mass is 9.87. The first-order chi connectivity index (χ1) is 63.0. The molecule has 129 heavy (non-hydrogen) atoms. The molecule has 9 heteroatoms. The maximum absolute atomic E-state index is 15.0. The SMILES string of the molecule is Cc1cc(-c2c(C)cccc2C)ccc1-c1c2ccc(-c3cccnc3)cc2cc(C)[n+]1C.Cc1cc(-c2ccccc2)ccc1-c1c2ccc(-c3cccnc3)cc2cc(C)[n+]1C.Cc1cc(F)c(-c2ccccc2)cc1-c1c2ccc(-c3cccnc3)cc2cc(C)[n+]1C.[2H]c1cc2cc(-c3cccnc3)ccc2c(-c2cc(-c3ccccc3)cc(C(C)C)c2C)[n+]1C. The van der Waals surface area contributed by atoms with Gasteiger partial charge in [-0.1, -0.05) is 202 Å². The first-order valence-corrected chi connectivity index (χ1v) is 44.3. The zero-order valence-corrected chi connectivity index (χ0v) is 76.2. The normalized spacial score (nSPS) is 11.3. The van der Waals surface area contributed by atoms with E-state index in [9.17, 15) is 4.39 Å². The molecular weight excluding hydrogens is 1570 g/mol. The molecule has 0 saturated carbocycles. The van der Waals surface area contributed by atoms with Crippen molar-refractivity contribution in [1.29, 1.82) is 0 Å². The Morgan fingerprint density at radius 1 is 0.264 bits per heavy atom. The Labute approximate surface area is 759 Å². The van der Waals surface area contributed by atoms with Crippen molar-refractivity contribution in [3.05, 3.63) is 433 Å². The van der Waals surface area contributed by atoms with Crippen molar-refractivity contribution in [2.45, 2.75) is 82.1 Å². The van der Waals surface area contributed by atoms with Gasteiger partial charge in [-0.05, 0) is 272 Å². The number of aryl methyl sites for hydroxylation is 8. The number of rotatable bonds is 13. The highest BCUT2D eigenvalue weighted by atomic mass is 19.1. The van der Waals surface area contributed by atoms with Crippen LogP contribution in [0.15, 0.2) is 371 Å². The molecule has 12 aromatic carbocycles. The summed E-state index contributed by atoms with van der Waals surface area (Å²) < 4.78 is 32.5. The number of aromatic nitrogens is 8. The van der Waals surface area contributed by atoms with Crippen LogP contribution >= 0.6 is 0 Å². The first kappa shape index (κ1) is 84.6. The molecule has 0 radical (unpaired) electrons. The summed E-state index contributed by atoms with van der Waals surface area (Å²) in [5.74, 6) is 0.200. The average molecular weight is 1680 g/mol. The molecule has 8 heterocycles. The lowest BCUT2D eigenvalue weighted by Gasteiger charge is -2.17. The molecule has 0 aliphatic carbocycles. The number of halogens is 1. The van der Waals surface area contributed by atoms with Crippen LogP contribution in [0.2, 0.25) is 0 Å². The summed E-state index contributed by atoms with van der Waals surface area (Å²) >= 11 is 0. The number of hydrogen-bond acceptors (Lipinski definition) is 4. The first-order valence-electron chi connectivity index (χ1n) is 44.8. The van der Waals surface area contributed by atoms with Crippen LogP contribution < -0.4 is 18.3 Å². The van der Waals surface area contributed by atoms with Gasteiger partial charge in [0.2, 0.25) is 22.8 Å². The molecular formula is C120H107FN8+4. The maximum atomic E-state index is 15.0. The smallest absolute Gasteiger partial charge is 0.220 e. The van der Waals surface area contributed by atoms with E-state index < -0.39 is 0 Å². The molecule has 20 aromatic rings. The topological polar surface area (TPSA) is 67.1 Å². The summed E-state index contributed by atoms with van der Waals surface area (Å²) in [6.45, 7) is 24.0. The van der Waals surface area contributed by atoms with Crippen molar-refractivity contribution in [3.8, 4) is 134 Å². The molecule has 8 nitrogen and oxygen atoms in total. The van der Waals surface area contributed by atoms with E-state index in [2.05, 4.69) is 367 Å². The van der Waals surface area contributed by atoms with Crippen LogP contribution in [0.25, 0.3) is 177 Å². The molecule has 0 fully saturated rings. The molecule has 0 saturated heterocycles. The van der Waals surface area contributed by atoms with Crippen LogP contribution in [-0.2, 0) is 28.2 Å². The third kappa shape index (κ3) is 17.9. The van der Waals surface area contributed by atoms with E-state index in [1.165, 1.54) is 139 Å². The Hall–Kier alpha value is -15.2. The van der Waals surface area contributed by atoms with Crippen LogP contribution in [0, 0.1) is 68.1 Å². The van der Waals surface area contributed by atoms with Gasteiger partial charge >= 0.3 is 0 Å². The van der Waals surface area contributed by atoms with Gasteiger partial charge in [-0.25, -0.2) is 8.96 Å². The van der Waals surface area contributed by atoms with Gasteiger partial charge in [0.05, 0.1) is 32.7 Å². The van der Waals surface area contributed by atoms with Crippen LogP contribution in [0.3, 0.4) is 0 Å². The molecule has 630 valence electrons. The van der Waals surface area contributed by atoms with Crippen molar-refractivity contribution in [3.63, 3.8) is 0 Å². The molecule has 8 aromatic heterocycles.